The number of hydrazone groups is 1. The van der Waals surface area contributed by atoms with Crippen LogP contribution in [-0.2, 0) is 25.8 Å². The lowest BCUT2D eigenvalue weighted by Gasteiger charge is -2.38. The van der Waals surface area contributed by atoms with Crippen LogP contribution >= 0.6 is 0 Å². The molecule has 0 spiro atoms. The van der Waals surface area contributed by atoms with Crippen molar-refractivity contribution in [1.29, 1.82) is 0 Å². The molecule has 44 heavy (non-hydrogen) atoms. The molecule has 0 saturated carbocycles. The number of likely N-dealkylation sites (tertiary alicyclic amines) is 1. The summed E-state index contributed by atoms with van der Waals surface area (Å²) in [5.41, 5.74) is 10.3. The number of methoxy groups -OCH3 is 1. The number of primary amides is 1. The molecule has 11 nitrogen and oxygen atoms in total. The maximum Gasteiger partial charge on any atom is 0.239 e. The van der Waals surface area contributed by atoms with Gasteiger partial charge in [0.2, 0.25) is 12.7 Å². The van der Waals surface area contributed by atoms with Crippen molar-refractivity contribution in [3.63, 3.8) is 0 Å². The molecule has 0 aromatic heterocycles. The Morgan fingerprint density at radius 3 is 2.32 bits per heavy atom. The third-order valence-electron chi connectivity index (χ3n) is 7.60. The third-order valence-corrected chi connectivity index (χ3v) is 10.1. The summed E-state index contributed by atoms with van der Waals surface area (Å²) in [4.78, 5) is 18.6. The topological polar surface area (TPSA) is 145 Å². The number of rotatable bonds is 12. The Hall–Kier alpha value is -3.48. The van der Waals surface area contributed by atoms with Gasteiger partial charge in [-0.1, -0.05) is 45.7 Å². The van der Waals surface area contributed by atoms with Gasteiger partial charge < -0.3 is 24.8 Å². The van der Waals surface area contributed by atoms with Crippen LogP contribution < -0.4 is 20.6 Å². The van der Waals surface area contributed by atoms with Crippen LogP contribution in [0.15, 0.2) is 57.5 Å². The lowest BCUT2D eigenvalue weighted by molar-refractivity contribution is -0.121. The van der Waals surface area contributed by atoms with Gasteiger partial charge >= 0.3 is 0 Å². The number of nitrogens with two attached hydrogens (primary N) is 1. The lowest BCUT2D eigenvalue weighted by atomic mass is 9.95. The van der Waals surface area contributed by atoms with Gasteiger partial charge in [-0.2, -0.15) is 5.10 Å². The van der Waals surface area contributed by atoms with Gasteiger partial charge in [-0.25, -0.2) is 8.42 Å². The number of fused-ring (bicyclic) bond motifs is 1. The fourth-order valence-electron chi connectivity index (χ4n) is 5.01. The molecular weight excluding hydrogens is 582 g/mol. The summed E-state index contributed by atoms with van der Waals surface area (Å²) in [6, 6.07) is 12.5. The highest BCUT2D eigenvalue weighted by Gasteiger charge is 2.51. The molecular formula is C32H49N5O6S. The molecule has 4 rings (SSSR count). The Bertz CT molecular complexity index is 1320. The van der Waals surface area contributed by atoms with Gasteiger partial charge in [-0.05, 0) is 61.6 Å². The zero-order valence-electron chi connectivity index (χ0n) is 26.8. The molecule has 0 aliphatic carbocycles. The predicted molar refractivity (Wildman–Crippen MR) is 175 cm³/mol. The van der Waals surface area contributed by atoms with Gasteiger partial charge in [0.1, 0.15) is 5.84 Å². The first-order valence-electron chi connectivity index (χ1n) is 15.2. The van der Waals surface area contributed by atoms with Crippen LogP contribution in [0.5, 0.6) is 11.5 Å². The lowest BCUT2D eigenvalue weighted by Crippen LogP contribution is -2.57. The van der Waals surface area contributed by atoms with Crippen molar-refractivity contribution in [2.45, 2.75) is 68.9 Å². The first-order valence-corrected chi connectivity index (χ1v) is 16.6. The quantitative estimate of drug-likeness (QED) is 0.154. The number of aryl methyl sites for hydroxylation is 1. The number of sulfone groups is 1. The van der Waals surface area contributed by atoms with Gasteiger partial charge in [0.15, 0.2) is 26.1 Å². The summed E-state index contributed by atoms with van der Waals surface area (Å²) in [5, 5.41) is 3.57. The normalized spacial score (nSPS) is 15.7. The fourth-order valence-corrected chi connectivity index (χ4v) is 6.94. The standard InChI is InChI=1S/C20H32N2O4S.C10H11N3O2.C2H6/c1-3-4-5-6-17-7-9-18(10-8-17)27(24,25)20(19(21)23)11-13-22(14-12-20)15-16-26-2;1-11-10(13-12-2)7-3-4-8-9(5-7)15-6-14-8;1-2/h7-10H,3-6,11-16H2,1-2H3,(H2,21,23);3-5H,2,6H2,1H3,(H,11,13);1-2H3. The number of nitrogens with one attached hydrogen (secondary N) is 1. The number of piperidine rings is 1. The molecule has 2 aromatic rings. The highest BCUT2D eigenvalue weighted by Crippen LogP contribution is 2.36. The van der Waals surface area contributed by atoms with E-state index < -0.39 is 20.5 Å². The van der Waals surface area contributed by atoms with Crippen molar-refractivity contribution < 1.29 is 27.4 Å². The number of aliphatic imine (C=N–C) groups is 1. The highest BCUT2D eigenvalue weighted by atomic mass is 32.2. The molecule has 2 heterocycles. The second-order valence-electron chi connectivity index (χ2n) is 10.2. The summed E-state index contributed by atoms with van der Waals surface area (Å²) in [6.07, 6.45) is 4.76. The monoisotopic (exact) mass is 631 g/mol. The minimum absolute atomic E-state index is 0.186. The number of hydrogen-bond acceptors (Lipinski definition) is 9. The average molecular weight is 632 g/mol. The average Bonchev–Trinajstić information content (AvgIpc) is 3.52. The second-order valence-corrected chi connectivity index (χ2v) is 12.5. The fraction of sp³-hybridized carbons (Fsp3) is 0.531. The molecule has 12 heteroatoms. The molecule has 1 fully saturated rings. The Labute approximate surface area is 262 Å². The number of ether oxygens (including phenoxy) is 3. The number of amides is 1. The zero-order chi connectivity index (χ0) is 32.6. The molecule has 2 aliphatic heterocycles. The number of unbranched alkanes of at least 4 members (excludes halogenated alkanes) is 2. The Kier molecular flexibility index (Phi) is 15.3. The number of amidine groups is 1. The van der Waals surface area contributed by atoms with Crippen molar-refractivity contribution in [3.05, 3.63) is 53.6 Å². The predicted octanol–water partition coefficient (Wildman–Crippen LogP) is 4.18. The van der Waals surface area contributed by atoms with Crippen molar-refractivity contribution in [2.75, 3.05) is 47.2 Å². The molecule has 0 atom stereocenters. The molecule has 0 radical (unpaired) electrons. The van der Waals surface area contributed by atoms with E-state index in [2.05, 4.69) is 34.1 Å². The number of carbonyl (C=O) groups excluding carboxylic acids is 1. The van der Waals surface area contributed by atoms with Crippen LogP contribution in [0.2, 0.25) is 0 Å². The number of benzene rings is 2. The maximum absolute atomic E-state index is 13.3. The van der Waals surface area contributed by atoms with Gasteiger partial charge in [-0.3, -0.25) is 15.2 Å². The summed E-state index contributed by atoms with van der Waals surface area (Å²) >= 11 is 0. The van der Waals surface area contributed by atoms with E-state index in [0.717, 1.165) is 54.9 Å². The first-order chi connectivity index (χ1) is 21.2. The van der Waals surface area contributed by atoms with Gasteiger partial charge in [-0.15, -0.1) is 0 Å². The van der Waals surface area contributed by atoms with E-state index >= 15 is 0 Å². The smallest absolute Gasteiger partial charge is 0.239 e. The molecule has 1 amide bonds. The van der Waals surface area contributed by atoms with Crippen LogP contribution in [0.4, 0.5) is 0 Å². The molecule has 0 unspecified atom stereocenters. The third kappa shape index (κ3) is 9.26. The first kappa shape index (κ1) is 36.7. The van der Waals surface area contributed by atoms with E-state index in [1.807, 2.05) is 44.2 Å². The molecule has 3 N–H and O–H groups in total. The largest absolute Gasteiger partial charge is 0.454 e. The summed E-state index contributed by atoms with van der Waals surface area (Å²) in [6.45, 7) is 12.1. The van der Waals surface area contributed by atoms with Crippen LogP contribution in [0, 0.1) is 0 Å². The van der Waals surface area contributed by atoms with Crippen LogP contribution in [0.25, 0.3) is 0 Å². The number of carbonyl (C=O) groups is 1. The molecule has 244 valence electrons. The second kappa shape index (κ2) is 18.4. The molecule has 0 bridgehead atoms. The molecule has 1 saturated heterocycles. The Morgan fingerprint density at radius 2 is 1.75 bits per heavy atom. The van der Waals surface area contributed by atoms with Gasteiger partial charge in [0.25, 0.3) is 0 Å². The van der Waals surface area contributed by atoms with E-state index in [0.29, 0.717) is 25.5 Å². The minimum atomic E-state index is -3.84. The van der Waals surface area contributed by atoms with E-state index in [9.17, 15) is 13.2 Å². The van der Waals surface area contributed by atoms with Crippen LogP contribution in [0.3, 0.4) is 0 Å². The van der Waals surface area contributed by atoms with E-state index in [1.165, 1.54) is 0 Å². The van der Waals surface area contributed by atoms with Gasteiger partial charge in [0, 0.05) is 46.1 Å². The highest BCUT2D eigenvalue weighted by molar-refractivity contribution is 7.93. The summed E-state index contributed by atoms with van der Waals surface area (Å²) in [5.74, 6) is 1.37. The number of nitrogens with zero attached hydrogens (tertiary/aromatic N) is 3. The van der Waals surface area contributed by atoms with Crippen molar-refractivity contribution in [2.24, 2.45) is 15.8 Å². The molecule has 2 aliphatic rings. The van der Waals surface area contributed by atoms with E-state index in [1.54, 1.807) is 26.3 Å². The number of hydrogen-bond donors (Lipinski definition) is 2. The van der Waals surface area contributed by atoms with Crippen molar-refractivity contribution in [3.8, 4) is 11.5 Å². The summed E-state index contributed by atoms with van der Waals surface area (Å²) < 4.78 is 40.6. The van der Waals surface area contributed by atoms with E-state index in [4.69, 9.17) is 19.9 Å². The Morgan fingerprint density at radius 1 is 1.09 bits per heavy atom. The maximum atomic E-state index is 13.3. The minimum Gasteiger partial charge on any atom is -0.454 e. The summed E-state index contributed by atoms with van der Waals surface area (Å²) in [7, 11) is -0.530. The molecule has 2 aromatic carbocycles. The van der Waals surface area contributed by atoms with Gasteiger partial charge in [0.05, 0.1) is 11.5 Å². The SMILES string of the molecule is C=NNC(=NC)c1ccc2c(c1)OCO2.CC.CCCCCc1ccc(S(=O)(=O)C2(C(N)=O)CCN(CCOC)CC2)cc1. The van der Waals surface area contributed by atoms with Crippen molar-refractivity contribution in [1.82, 2.24) is 10.3 Å². The van der Waals surface area contributed by atoms with E-state index in [-0.39, 0.29) is 24.5 Å². The van der Waals surface area contributed by atoms with Crippen LogP contribution in [-0.4, -0.2) is 83.7 Å². The zero-order valence-corrected chi connectivity index (χ0v) is 27.6. The van der Waals surface area contributed by atoms with Crippen molar-refractivity contribution >= 4 is 28.3 Å². The Balaban J connectivity index is 0.000000333. The van der Waals surface area contributed by atoms with Crippen LogP contribution in [0.1, 0.15) is 64.0 Å².